The van der Waals surface area contributed by atoms with Gasteiger partial charge in [-0.1, -0.05) is 19.8 Å². The monoisotopic (exact) mass is 316 g/mol. The summed E-state index contributed by atoms with van der Waals surface area (Å²) in [6.45, 7) is 3.00. The predicted molar refractivity (Wildman–Crippen MR) is 74.3 cm³/mol. The van der Waals surface area contributed by atoms with Gasteiger partial charge >= 0.3 is 0 Å². The van der Waals surface area contributed by atoms with Gasteiger partial charge in [0.1, 0.15) is 5.82 Å². The van der Waals surface area contributed by atoms with Crippen LogP contribution in [0.15, 0.2) is 16.6 Å². The topological polar surface area (TPSA) is 20.7 Å². The number of aryl methyl sites for hydroxylation is 1. The molecule has 2 aromatic rings. The second-order valence-corrected chi connectivity index (χ2v) is 5.31. The van der Waals surface area contributed by atoms with E-state index in [4.69, 9.17) is 12.2 Å². The van der Waals surface area contributed by atoms with Crippen LogP contribution in [0.5, 0.6) is 0 Å². The first-order valence-electron chi connectivity index (χ1n) is 5.71. The van der Waals surface area contributed by atoms with Gasteiger partial charge in [-0.2, -0.15) is 0 Å². The molecule has 0 bridgehead atoms. The van der Waals surface area contributed by atoms with Crippen LogP contribution in [0.25, 0.3) is 11.0 Å². The van der Waals surface area contributed by atoms with E-state index in [1.54, 1.807) is 6.07 Å². The summed E-state index contributed by atoms with van der Waals surface area (Å²) in [7, 11) is 0. The number of nitrogens with one attached hydrogen (secondary N) is 1. The Morgan fingerprint density at radius 1 is 1.41 bits per heavy atom. The Hall–Kier alpha value is -0.680. The number of rotatable bonds is 4. The molecule has 0 spiro atoms. The van der Waals surface area contributed by atoms with Gasteiger partial charge in [-0.05, 0) is 40.6 Å². The predicted octanol–water partition coefficient (Wildman–Crippen LogP) is 4.79. The molecule has 0 aliphatic carbocycles. The summed E-state index contributed by atoms with van der Waals surface area (Å²) in [6, 6.07) is 3.26. The van der Waals surface area contributed by atoms with E-state index < -0.39 is 0 Å². The van der Waals surface area contributed by atoms with Gasteiger partial charge in [0.15, 0.2) is 4.77 Å². The zero-order valence-corrected chi connectivity index (χ0v) is 12.0. The molecule has 1 heterocycles. The summed E-state index contributed by atoms with van der Waals surface area (Å²) >= 11 is 8.43. The SMILES string of the molecule is CCCCCn1c(=S)[nH]c2cc(Br)c(F)cc21. The molecule has 1 aromatic heterocycles. The third-order valence-electron chi connectivity index (χ3n) is 2.80. The van der Waals surface area contributed by atoms with Crippen LogP contribution < -0.4 is 0 Å². The number of benzene rings is 1. The zero-order valence-electron chi connectivity index (χ0n) is 9.59. The van der Waals surface area contributed by atoms with Gasteiger partial charge in [0, 0.05) is 12.6 Å². The van der Waals surface area contributed by atoms with Crippen molar-refractivity contribution in [2.45, 2.75) is 32.7 Å². The highest BCUT2D eigenvalue weighted by Crippen LogP contribution is 2.23. The van der Waals surface area contributed by atoms with Crippen LogP contribution in [-0.4, -0.2) is 9.55 Å². The number of aromatic nitrogens is 2. The number of imidazole rings is 1. The molecule has 0 aliphatic heterocycles. The molecule has 0 saturated heterocycles. The number of hydrogen-bond acceptors (Lipinski definition) is 1. The van der Waals surface area contributed by atoms with Gasteiger partial charge in [-0.3, -0.25) is 0 Å². The number of aromatic amines is 1. The summed E-state index contributed by atoms with van der Waals surface area (Å²) in [6.07, 6.45) is 3.39. The zero-order chi connectivity index (χ0) is 12.4. The molecule has 1 N–H and O–H groups in total. The summed E-state index contributed by atoms with van der Waals surface area (Å²) in [5.41, 5.74) is 1.71. The minimum atomic E-state index is -0.254. The fraction of sp³-hybridized carbons (Fsp3) is 0.417. The molecule has 2 nitrogen and oxygen atoms in total. The summed E-state index contributed by atoms with van der Waals surface area (Å²) in [4.78, 5) is 3.10. The Balaban J connectivity index is 2.44. The van der Waals surface area contributed by atoms with Crippen molar-refractivity contribution in [3.8, 4) is 0 Å². The van der Waals surface area contributed by atoms with Gasteiger partial charge in [-0.25, -0.2) is 4.39 Å². The van der Waals surface area contributed by atoms with E-state index in [1.165, 1.54) is 6.07 Å². The molecule has 0 fully saturated rings. The number of fused-ring (bicyclic) bond motifs is 1. The van der Waals surface area contributed by atoms with Crippen molar-refractivity contribution in [3.05, 3.63) is 27.2 Å². The molecule has 0 radical (unpaired) electrons. The van der Waals surface area contributed by atoms with E-state index in [0.717, 1.165) is 36.8 Å². The van der Waals surface area contributed by atoms with Crippen molar-refractivity contribution in [2.24, 2.45) is 0 Å². The second-order valence-electron chi connectivity index (χ2n) is 4.07. The van der Waals surface area contributed by atoms with E-state index in [1.807, 2.05) is 4.57 Å². The van der Waals surface area contributed by atoms with Crippen LogP contribution in [0, 0.1) is 10.6 Å². The molecular formula is C12H14BrFN2S. The van der Waals surface area contributed by atoms with Crippen molar-refractivity contribution in [2.75, 3.05) is 0 Å². The number of unbranched alkanes of at least 4 members (excludes halogenated alkanes) is 2. The fourth-order valence-corrected chi connectivity index (χ4v) is 2.54. The highest BCUT2D eigenvalue weighted by Gasteiger charge is 2.08. The highest BCUT2D eigenvalue weighted by atomic mass is 79.9. The third kappa shape index (κ3) is 2.60. The van der Waals surface area contributed by atoms with Crippen LogP contribution in [-0.2, 0) is 6.54 Å². The van der Waals surface area contributed by atoms with Crippen LogP contribution in [0.4, 0.5) is 4.39 Å². The molecule has 1 aromatic carbocycles. The molecule has 2 rings (SSSR count). The quantitative estimate of drug-likeness (QED) is 0.635. The minimum absolute atomic E-state index is 0.254. The van der Waals surface area contributed by atoms with Crippen LogP contribution in [0.2, 0.25) is 0 Å². The van der Waals surface area contributed by atoms with Crippen molar-refractivity contribution in [1.82, 2.24) is 9.55 Å². The Bertz CT molecular complexity index is 588. The summed E-state index contributed by atoms with van der Waals surface area (Å²) in [5, 5.41) is 0. The maximum absolute atomic E-state index is 13.5. The molecular weight excluding hydrogens is 303 g/mol. The lowest BCUT2D eigenvalue weighted by Crippen LogP contribution is -1.98. The summed E-state index contributed by atoms with van der Waals surface area (Å²) < 4.78 is 16.6. The van der Waals surface area contributed by atoms with Gasteiger partial charge in [0.2, 0.25) is 0 Å². The van der Waals surface area contributed by atoms with E-state index in [9.17, 15) is 4.39 Å². The van der Waals surface area contributed by atoms with Crippen molar-refractivity contribution < 1.29 is 4.39 Å². The Labute approximate surface area is 113 Å². The number of halogens is 2. The lowest BCUT2D eigenvalue weighted by atomic mass is 10.2. The molecule has 17 heavy (non-hydrogen) atoms. The molecule has 0 amide bonds. The minimum Gasteiger partial charge on any atom is -0.331 e. The molecule has 5 heteroatoms. The van der Waals surface area contributed by atoms with Gasteiger partial charge in [-0.15, -0.1) is 0 Å². The lowest BCUT2D eigenvalue weighted by molar-refractivity contribution is 0.602. The summed E-state index contributed by atoms with van der Waals surface area (Å²) in [5.74, 6) is -0.254. The molecule has 0 unspecified atom stereocenters. The maximum Gasteiger partial charge on any atom is 0.178 e. The van der Waals surface area contributed by atoms with Crippen molar-refractivity contribution in [3.63, 3.8) is 0 Å². The number of hydrogen-bond donors (Lipinski definition) is 1. The number of H-pyrrole nitrogens is 1. The lowest BCUT2D eigenvalue weighted by Gasteiger charge is -2.04. The number of nitrogens with zero attached hydrogens (tertiary/aromatic N) is 1. The van der Waals surface area contributed by atoms with E-state index in [-0.39, 0.29) is 5.82 Å². The molecule has 0 saturated carbocycles. The molecule has 92 valence electrons. The van der Waals surface area contributed by atoms with Gasteiger partial charge < -0.3 is 9.55 Å². The molecule has 0 atom stereocenters. The van der Waals surface area contributed by atoms with Crippen molar-refractivity contribution >= 4 is 39.2 Å². The average Bonchev–Trinajstić information content (AvgIpc) is 2.57. The van der Waals surface area contributed by atoms with E-state index in [2.05, 4.69) is 27.8 Å². The van der Waals surface area contributed by atoms with E-state index >= 15 is 0 Å². The average molecular weight is 317 g/mol. The second kappa shape index (κ2) is 5.31. The molecule has 0 aliphatic rings. The first-order valence-corrected chi connectivity index (χ1v) is 6.91. The van der Waals surface area contributed by atoms with Crippen LogP contribution in [0.3, 0.4) is 0 Å². The van der Waals surface area contributed by atoms with E-state index in [0.29, 0.717) is 9.24 Å². The van der Waals surface area contributed by atoms with Gasteiger partial charge in [0.25, 0.3) is 0 Å². The van der Waals surface area contributed by atoms with Gasteiger partial charge in [0.05, 0.1) is 15.5 Å². The smallest absolute Gasteiger partial charge is 0.178 e. The van der Waals surface area contributed by atoms with Crippen LogP contribution >= 0.6 is 28.1 Å². The van der Waals surface area contributed by atoms with Crippen LogP contribution in [0.1, 0.15) is 26.2 Å². The van der Waals surface area contributed by atoms with Crippen molar-refractivity contribution in [1.29, 1.82) is 0 Å². The Morgan fingerprint density at radius 2 is 2.18 bits per heavy atom. The fourth-order valence-electron chi connectivity index (χ4n) is 1.89. The third-order valence-corrected chi connectivity index (χ3v) is 3.73. The maximum atomic E-state index is 13.5. The normalized spacial score (nSPS) is 11.2. The first kappa shape index (κ1) is 12.8. The highest BCUT2D eigenvalue weighted by molar-refractivity contribution is 9.10. The largest absolute Gasteiger partial charge is 0.331 e. The Kier molecular flexibility index (Phi) is 3.99. The first-order chi connectivity index (χ1) is 8.13. The standard InChI is InChI=1S/C12H14BrFN2S/c1-2-3-4-5-16-11-7-9(14)8(13)6-10(11)15-12(16)17/h6-7H,2-5H2,1H3,(H,15,17). The Morgan fingerprint density at radius 3 is 2.88 bits per heavy atom.